The highest BCUT2D eigenvalue weighted by atomic mass is 16.5. The van der Waals surface area contributed by atoms with Gasteiger partial charge in [0.05, 0.1) is 6.54 Å². The van der Waals surface area contributed by atoms with Crippen LogP contribution in [-0.2, 0) is 4.79 Å². The lowest BCUT2D eigenvalue weighted by atomic mass is 10.1. The van der Waals surface area contributed by atoms with Crippen molar-refractivity contribution in [1.29, 1.82) is 0 Å². The van der Waals surface area contributed by atoms with Gasteiger partial charge in [-0.05, 0) is 32.3 Å². The zero-order chi connectivity index (χ0) is 17.5. The second-order valence-corrected chi connectivity index (χ2v) is 6.36. The first-order valence-corrected chi connectivity index (χ1v) is 8.22. The average molecular weight is 330 g/mol. The van der Waals surface area contributed by atoms with Gasteiger partial charge in [-0.2, -0.15) is 0 Å². The lowest BCUT2D eigenvalue weighted by Crippen LogP contribution is -2.42. The topological polar surface area (TPSA) is 61.8 Å². The number of nitrogens with one attached hydrogen (secondary N) is 1. The maximum Gasteiger partial charge on any atom is 0.234 e. The van der Waals surface area contributed by atoms with Gasteiger partial charge in [0, 0.05) is 18.0 Å². The number of ether oxygens (including phenoxy) is 1. The molecule has 24 heavy (non-hydrogen) atoms. The Balaban J connectivity index is 1.84. The van der Waals surface area contributed by atoms with E-state index in [2.05, 4.69) is 5.32 Å². The van der Waals surface area contributed by atoms with Crippen molar-refractivity contribution in [2.75, 3.05) is 26.7 Å². The smallest absolute Gasteiger partial charge is 0.234 e. The summed E-state index contributed by atoms with van der Waals surface area (Å²) in [6.45, 7) is 4.65. The molecule has 5 heteroatoms. The van der Waals surface area contributed by atoms with Crippen LogP contribution in [0.25, 0.3) is 10.8 Å². The third kappa shape index (κ3) is 5.51. The number of carbonyl (C=O) groups is 1. The van der Waals surface area contributed by atoms with Gasteiger partial charge in [-0.3, -0.25) is 9.69 Å². The van der Waals surface area contributed by atoms with Crippen LogP contribution in [-0.4, -0.2) is 54.8 Å². The van der Waals surface area contributed by atoms with Crippen molar-refractivity contribution >= 4 is 16.7 Å². The monoisotopic (exact) mass is 330 g/mol. The molecule has 0 aromatic heterocycles. The number of hydrogen-bond acceptors (Lipinski definition) is 4. The normalized spacial score (nSPS) is 12.6. The van der Waals surface area contributed by atoms with E-state index < -0.39 is 6.10 Å². The molecule has 1 atom stereocenters. The molecule has 0 fully saturated rings. The number of hydrogen-bond donors (Lipinski definition) is 2. The number of nitrogens with zero attached hydrogens (tertiary/aromatic N) is 1. The highest BCUT2D eigenvalue weighted by Crippen LogP contribution is 2.25. The fourth-order valence-corrected chi connectivity index (χ4v) is 2.60. The number of aliphatic hydroxyl groups is 1. The van der Waals surface area contributed by atoms with Crippen molar-refractivity contribution in [3.63, 3.8) is 0 Å². The minimum atomic E-state index is -0.666. The Bertz CT molecular complexity index is 667. The summed E-state index contributed by atoms with van der Waals surface area (Å²) >= 11 is 0. The van der Waals surface area contributed by atoms with Crippen LogP contribution < -0.4 is 10.1 Å². The van der Waals surface area contributed by atoms with Gasteiger partial charge in [0.2, 0.25) is 5.91 Å². The van der Waals surface area contributed by atoms with Crippen molar-refractivity contribution in [2.24, 2.45) is 0 Å². The predicted molar refractivity (Wildman–Crippen MR) is 96.2 cm³/mol. The van der Waals surface area contributed by atoms with E-state index in [0.29, 0.717) is 6.54 Å². The van der Waals surface area contributed by atoms with Crippen molar-refractivity contribution in [1.82, 2.24) is 10.2 Å². The van der Waals surface area contributed by atoms with Gasteiger partial charge >= 0.3 is 0 Å². The van der Waals surface area contributed by atoms with Crippen molar-refractivity contribution in [2.45, 2.75) is 26.0 Å². The Hall–Kier alpha value is -2.11. The largest absolute Gasteiger partial charge is 0.490 e. The fourth-order valence-electron chi connectivity index (χ4n) is 2.60. The summed E-state index contributed by atoms with van der Waals surface area (Å²) in [4.78, 5) is 13.5. The molecule has 2 rings (SSSR count). The third-order valence-electron chi connectivity index (χ3n) is 3.57. The van der Waals surface area contributed by atoms with Crippen molar-refractivity contribution in [3.05, 3.63) is 42.5 Å². The summed E-state index contributed by atoms with van der Waals surface area (Å²) in [5.74, 6) is 0.710. The first-order chi connectivity index (χ1) is 11.5. The number of carbonyl (C=O) groups excluding carboxylic acids is 1. The van der Waals surface area contributed by atoms with E-state index in [4.69, 9.17) is 4.74 Å². The molecular weight excluding hydrogens is 304 g/mol. The molecule has 0 radical (unpaired) electrons. The van der Waals surface area contributed by atoms with E-state index in [9.17, 15) is 9.90 Å². The SMILES string of the molecule is CC(C)NC(=O)CN(C)C[C@H](O)COc1cccc2ccccc12. The Kier molecular flexibility index (Phi) is 6.58. The molecule has 0 heterocycles. The van der Waals surface area contributed by atoms with Gasteiger partial charge in [-0.15, -0.1) is 0 Å². The summed E-state index contributed by atoms with van der Waals surface area (Å²) in [6.07, 6.45) is -0.666. The maximum atomic E-state index is 11.7. The Morgan fingerprint density at radius 2 is 1.92 bits per heavy atom. The van der Waals surface area contributed by atoms with Crippen LogP contribution in [0.5, 0.6) is 5.75 Å². The molecule has 0 aliphatic heterocycles. The van der Waals surface area contributed by atoms with Gasteiger partial charge in [0.25, 0.3) is 0 Å². The average Bonchev–Trinajstić information content (AvgIpc) is 2.51. The third-order valence-corrected chi connectivity index (χ3v) is 3.57. The minimum absolute atomic E-state index is 0.0466. The van der Waals surface area contributed by atoms with Gasteiger partial charge < -0.3 is 15.2 Å². The first-order valence-electron chi connectivity index (χ1n) is 8.22. The summed E-state index contributed by atoms with van der Waals surface area (Å²) in [6, 6.07) is 14.0. The molecule has 0 saturated carbocycles. The molecule has 130 valence electrons. The fraction of sp³-hybridized carbons (Fsp3) is 0.421. The molecule has 0 aliphatic carbocycles. The van der Waals surface area contributed by atoms with E-state index in [1.807, 2.05) is 56.3 Å². The maximum absolute atomic E-state index is 11.7. The lowest BCUT2D eigenvalue weighted by molar-refractivity contribution is -0.122. The standard InChI is InChI=1S/C19H26N2O3/c1-14(2)20-19(23)12-21(3)11-16(22)13-24-18-10-6-8-15-7-4-5-9-17(15)18/h4-10,14,16,22H,11-13H2,1-3H3,(H,20,23)/t16-/m0/s1. The second kappa shape index (κ2) is 8.66. The number of fused-ring (bicyclic) bond motifs is 1. The highest BCUT2D eigenvalue weighted by molar-refractivity contribution is 5.88. The van der Waals surface area contributed by atoms with Gasteiger partial charge in [-0.25, -0.2) is 0 Å². The Morgan fingerprint density at radius 3 is 2.67 bits per heavy atom. The van der Waals surface area contributed by atoms with E-state index in [1.54, 1.807) is 11.9 Å². The molecule has 2 N–H and O–H groups in total. The molecule has 0 unspecified atom stereocenters. The number of rotatable bonds is 8. The van der Waals surface area contributed by atoms with E-state index in [-0.39, 0.29) is 25.1 Å². The van der Waals surface area contributed by atoms with E-state index in [0.717, 1.165) is 16.5 Å². The summed E-state index contributed by atoms with van der Waals surface area (Å²) < 4.78 is 5.77. The molecular formula is C19H26N2O3. The van der Waals surface area contributed by atoms with Crippen molar-refractivity contribution < 1.29 is 14.6 Å². The zero-order valence-electron chi connectivity index (χ0n) is 14.5. The van der Waals surface area contributed by atoms with Crippen LogP contribution in [0.1, 0.15) is 13.8 Å². The summed E-state index contributed by atoms with van der Waals surface area (Å²) in [5, 5.41) is 15.1. The molecule has 1 amide bonds. The van der Waals surface area contributed by atoms with Gasteiger partial charge in [0.15, 0.2) is 0 Å². The van der Waals surface area contributed by atoms with Crippen LogP contribution in [0.15, 0.2) is 42.5 Å². The molecule has 0 aliphatic rings. The summed E-state index contributed by atoms with van der Waals surface area (Å²) in [5.41, 5.74) is 0. The molecule has 2 aromatic rings. The molecule has 0 bridgehead atoms. The number of amides is 1. The van der Waals surface area contributed by atoms with Crippen LogP contribution in [0.2, 0.25) is 0 Å². The Labute approximate surface area is 143 Å². The van der Waals surface area contributed by atoms with E-state index >= 15 is 0 Å². The highest BCUT2D eigenvalue weighted by Gasteiger charge is 2.13. The van der Waals surface area contributed by atoms with Crippen LogP contribution in [0.4, 0.5) is 0 Å². The van der Waals surface area contributed by atoms with Gasteiger partial charge in [-0.1, -0.05) is 36.4 Å². The quantitative estimate of drug-likeness (QED) is 0.777. The van der Waals surface area contributed by atoms with Crippen molar-refractivity contribution in [3.8, 4) is 5.75 Å². The van der Waals surface area contributed by atoms with Crippen LogP contribution in [0.3, 0.4) is 0 Å². The Morgan fingerprint density at radius 1 is 1.21 bits per heavy atom. The molecule has 5 nitrogen and oxygen atoms in total. The second-order valence-electron chi connectivity index (χ2n) is 6.36. The minimum Gasteiger partial charge on any atom is -0.490 e. The lowest BCUT2D eigenvalue weighted by Gasteiger charge is -2.21. The first kappa shape index (κ1) is 18.2. The molecule has 0 saturated heterocycles. The summed E-state index contributed by atoms with van der Waals surface area (Å²) in [7, 11) is 1.81. The van der Waals surface area contributed by atoms with Crippen LogP contribution >= 0.6 is 0 Å². The molecule has 2 aromatic carbocycles. The predicted octanol–water partition coefficient (Wildman–Crippen LogP) is 2.04. The number of benzene rings is 2. The van der Waals surface area contributed by atoms with Crippen LogP contribution in [0, 0.1) is 0 Å². The van der Waals surface area contributed by atoms with Gasteiger partial charge in [0.1, 0.15) is 18.5 Å². The molecule has 0 spiro atoms. The van der Waals surface area contributed by atoms with E-state index in [1.165, 1.54) is 0 Å². The number of aliphatic hydroxyl groups excluding tert-OH is 1. The zero-order valence-corrected chi connectivity index (χ0v) is 14.5. The number of likely N-dealkylation sites (N-methyl/N-ethyl adjacent to an activating group) is 1.